The molecule has 6 nitrogen and oxygen atoms in total. The van der Waals surface area contributed by atoms with E-state index in [1.807, 2.05) is 6.07 Å². The van der Waals surface area contributed by atoms with Gasteiger partial charge in [0.1, 0.15) is 11.5 Å². The number of nitrogens with zero attached hydrogens (tertiary/aromatic N) is 2. The highest BCUT2D eigenvalue weighted by atomic mass is 16.5. The van der Waals surface area contributed by atoms with Crippen molar-refractivity contribution in [1.82, 2.24) is 15.5 Å². The Morgan fingerprint density at radius 2 is 2.07 bits per heavy atom. The quantitative estimate of drug-likeness (QED) is 0.529. The molecular formula is C22H30N4O2. The minimum Gasteiger partial charge on any atom is -0.508 e. The molecule has 0 amide bonds. The van der Waals surface area contributed by atoms with Crippen molar-refractivity contribution in [3.05, 3.63) is 59.7 Å². The Kier molecular flexibility index (Phi) is 7.14. The van der Waals surface area contributed by atoms with Crippen LogP contribution in [0, 0.1) is 0 Å². The van der Waals surface area contributed by atoms with E-state index >= 15 is 0 Å². The van der Waals surface area contributed by atoms with Gasteiger partial charge in [0, 0.05) is 38.3 Å². The van der Waals surface area contributed by atoms with Crippen molar-refractivity contribution >= 4 is 5.96 Å². The lowest BCUT2D eigenvalue weighted by molar-refractivity contribution is 0.192. The summed E-state index contributed by atoms with van der Waals surface area (Å²) >= 11 is 0. The average molecular weight is 383 g/mol. The highest BCUT2D eigenvalue weighted by Crippen LogP contribution is 2.22. The van der Waals surface area contributed by atoms with Gasteiger partial charge < -0.3 is 20.5 Å². The van der Waals surface area contributed by atoms with Gasteiger partial charge in [-0.15, -0.1) is 0 Å². The Morgan fingerprint density at radius 1 is 1.25 bits per heavy atom. The van der Waals surface area contributed by atoms with Crippen LogP contribution in [0.3, 0.4) is 0 Å². The summed E-state index contributed by atoms with van der Waals surface area (Å²) in [5, 5.41) is 16.9. The Balaban J connectivity index is 1.53. The second-order valence-corrected chi connectivity index (χ2v) is 7.12. The molecule has 2 aromatic rings. The van der Waals surface area contributed by atoms with Crippen LogP contribution in [0.1, 0.15) is 24.0 Å². The van der Waals surface area contributed by atoms with E-state index in [2.05, 4.69) is 50.9 Å². The Hall–Kier alpha value is -2.73. The molecular weight excluding hydrogens is 352 g/mol. The lowest BCUT2D eigenvalue weighted by atomic mass is 10.0. The molecule has 0 bridgehead atoms. The highest BCUT2D eigenvalue weighted by Gasteiger charge is 2.20. The second kappa shape index (κ2) is 9.99. The van der Waals surface area contributed by atoms with Crippen molar-refractivity contribution in [1.29, 1.82) is 0 Å². The van der Waals surface area contributed by atoms with Crippen LogP contribution < -0.4 is 15.4 Å². The predicted molar refractivity (Wildman–Crippen MR) is 113 cm³/mol. The van der Waals surface area contributed by atoms with Crippen LogP contribution in [0.5, 0.6) is 11.5 Å². The first-order valence-electron chi connectivity index (χ1n) is 9.77. The lowest BCUT2D eigenvalue weighted by Crippen LogP contribution is -2.50. The number of phenols is 1. The van der Waals surface area contributed by atoms with Gasteiger partial charge >= 0.3 is 0 Å². The number of nitrogens with one attached hydrogen (secondary N) is 2. The third-order valence-corrected chi connectivity index (χ3v) is 5.05. The van der Waals surface area contributed by atoms with Gasteiger partial charge in [0.05, 0.1) is 7.11 Å². The van der Waals surface area contributed by atoms with Crippen LogP contribution in [-0.2, 0) is 13.1 Å². The summed E-state index contributed by atoms with van der Waals surface area (Å²) < 4.78 is 5.23. The number of methoxy groups -OCH3 is 1. The van der Waals surface area contributed by atoms with Gasteiger partial charge in [-0.1, -0.05) is 30.3 Å². The van der Waals surface area contributed by atoms with E-state index in [1.54, 1.807) is 26.3 Å². The standard InChI is InChI=1S/C22H30N4O2/c1-23-22(24-14-18-13-20(28-2)10-11-21(18)27)25-19-9-6-12-26(16-19)15-17-7-4-3-5-8-17/h3-5,7-8,10-11,13,19,27H,6,9,12,14-16H2,1-2H3,(H2,23,24,25). The molecule has 2 aromatic carbocycles. The van der Waals surface area contributed by atoms with E-state index in [-0.39, 0.29) is 5.75 Å². The van der Waals surface area contributed by atoms with Crippen molar-refractivity contribution < 1.29 is 9.84 Å². The first-order chi connectivity index (χ1) is 13.7. The van der Waals surface area contributed by atoms with E-state index in [9.17, 15) is 5.11 Å². The van der Waals surface area contributed by atoms with Gasteiger partial charge in [-0.3, -0.25) is 9.89 Å². The van der Waals surface area contributed by atoms with Crippen LogP contribution in [0.4, 0.5) is 0 Å². The molecule has 28 heavy (non-hydrogen) atoms. The van der Waals surface area contributed by atoms with Crippen LogP contribution in [0.2, 0.25) is 0 Å². The Labute approximate surface area is 167 Å². The normalized spacial score (nSPS) is 17.9. The topological polar surface area (TPSA) is 69.1 Å². The predicted octanol–water partition coefficient (Wildman–Crippen LogP) is 2.73. The zero-order valence-corrected chi connectivity index (χ0v) is 16.7. The lowest BCUT2D eigenvalue weighted by Gasteiger charge is -2.34. The molecule has 1 aliphatic rings. The molecule has 0 radical (unpaired) electrons. The molecule has 0 aromatic heterocycles. The largest absolute Gasteiger partial charge is 0.508 e. The molecule has 0 saturated carbocycles. The summed E-state index contributed by atoms with van der Waals surface area (Å²) in [5.74, 6) is 1.71. The Bertz CT molecular complexity index is 779. The van der Waals surface area contributed by atoms with Crippen LogP contribution >= 0.6 is 0 Å². The van der Waals surface area contributed by atoms with Gasteiger partial charge in [-0.2, -0.15) is 0 Å². The summed E-state index contributed by atoms with van der Waals surface area (Å²) in [6.07, 6.45) is 2.29. The van der Waals surface area contributed by atoms with Crippen molar-refractivity contribution in [2.24, 2.45) is 4.99 Å². The molecule has 0 spiro atoms. The van der Waals surface area contributed by atoms with Crippen molar-refractivity contribution in [2.45, 2.75) is 32.0 Å². The maximum absolute atomic E-state index is 10.0. The SMILES string of the molecule is CN=C(NCc1cc(OC)ccc1O)NC1CCCN(Cc2ccccc2)C1. The number of aromatic hydroxyl groups is 1. The van der Waals surface area contributed by atoms with Crippen molar-refractivity contribution in [2.75, 3.05) is 27.2 Å². The van der Waals surface area contributed by atoms with Crippen LogP contribution in [-0.4, -0.2) is 49.3 Å². The zero-order chi connectivity index (χ0) is 19.8. The van der Waals surface area contributed by atoms with Crippen LogP contribution in [0.25, 0.3) is 0 Å². The number of aliphatic imine (C=N–C) groups is 1. The molecule has 1 fully saturated rings. The molecule has 3 N–H and O–H groups in total. The maximum atomic E-state index is 10.0. The Morgan fingerprint density at radius 3 is 2.82 bits per heavy atom. The number of piperidine rings is 1. The summed E-state index contributed by atoms with van der Waals surface area (Å²) in [6, 6.07) is 16.2. The number of guanidine groups is 1. The van der Waals surface area contributed by atoms with Crippen molar-refractivity contribution in [3.63, 3.8) is 0 Å². The first-order valence-corrected chi connectivity index (χ1v) is 9.77. The fourth-order valence-electron chi connectivity index (χ4n) is 3.56. The van der Waals surface area contributed by atoms with Gasteiger partial charge in [-0.05, 0) is 43.1 Å². The molecule has 6 heteroatoms. The zero-order valence-electron chi connectivity index (χ0n) is 16.7. The maximum Gasteiger partial charge on any atom is 0.191 e. The molecule has 1 heterocycles. The number of rotatable bonds is 6. The van der Waals surface area contributed by atoms with Gasteiger partial charge in [0.15, 0.2) is 5.96 Å². The van der Waals surface area contributed by atoms with E-state index in [0.29, 0.717) is 12.6 Å². The first kappa shape index (κ1) is 20.0. The average Bonchev–Trinajstić information content (AvgIpc) is 2.73. The molecule has 1 saturated heterocycles. The van der Waals surface area contributed by atoms with Gasteiger partial charge in [0.2, 0.25) is 0 Å². The van der Waals surface area contributed by atoms with Gasteiger partial charge in [-0.25, -0.2) is 0 Å². The van der Waals surface area contributed by atoms with E-state index < -0.39 is 0 Å². The monoisotopic (exact) mass is 382 g/mol. The fraction of sp³-hybridized carbons (Fsp3) is 0.409. The molecule has 0 aliphatic carbocycles. The number of ether oxygens (including phenoxy) is 1. The number of hydrogen-bond acceptors (Lipinski definition) is 4. The van der Waals surface area contributed by atoms with E-state index in [1.165, 1.54) is 5.56 Å². The summed E-state index contributed by atoms with van der Waals surface area (Å²) in [7, 11) is 3.39. The summed E-state index contributed by atoms with van der Waals surface area (Å²) in [6.45, 7) is 3.56. The second-order valence-electron chi connectivity index (χ2n) is 7.12. The van der Waals surface area contributed by atoms with Crippen LogP contribution in [0.15, 0.2) is 53.5 Å². The number of likely N-dealkylation sites (tertiary alicyclic amines) is 1. The van der Waals surface area contributed by atoms with Gasteiger partial charge in [0.25, 0.3) is 0 Å². The minimum atomic E-state index is 0.246. The summed E-state index contributed by atoms with van der Waals surface area (Å²) in [4.78, 5) is 6.83. The highest BCUT2D eigenvalue weighted by molar-refractivity contribution is 5.80. The smallest absolute Gasteiger partial charge is 0.191 e. The summed E-state index contributed by atoms with van der Waals surface area (Å²) in [5.41, 5.74) is 2.12. The molecule has 1 unspecified atom stereocenters. The number of phenolic OH excluding ortho intramolecular Hbond substituents is 1. The molecule has 3 rings (SSSR count). The van der Waals surface area contributed by atoms with E-state index in [4.69, 9.17) is 4.74 Å². The fourth-order valence-corrected chi connectivity index (χ4v) is 3.56. The molecule has 150 valence electrons. The third kappa shape index (κ3) is 5.63. The molecule has 1 aliphatic heterocycles. The molecule has 1 atom stereocenters. The number of hydrogen-bond donors (Lipinski definition) is 3. The van der Waals surface area contributed by atoms with Crippen molar-refractivity contribution in [3.8, 4) is 11.5 Å². The number of benzene rings is 2. The third-order valence-electron chi connectivity index (χ3n) is 5.05. The minimum absolute atomic E-state index is 0.246. The van der Waals surface area contributed by atoms with E-state index in [0.717, 1.165) is 49.7 Å².